The van der Waals surface area contributed by atoms with Crippen LogP contribution in [0.15, 0.2) is 42.6 Å². The molecule has 0 radical (unpaired) electrons. The largest absolute Gasteiger partial charge is 0.419 e. The molecule has 5 nitrogen and oxygen atoms in total. The van der Waals surface area contributed by atoms with E-state index in [1.165, 1.54) is 12.3 Å². The summed E-state index contributed by atoms with van der Waals surface area (Å²) in [5.74, 6) is -0.555. The molecule has 4 rings (SSSR count). The summed E-state index contributed by atoms with van der Waals surface area (Å²) >= 11 is 1.54. The number of carbonyl (C=O) groups is 1. The first-order chi connectivity index (χ1) is 14.3. The molecule has 1 fully saturated rings. The Labute approximate surface area is 176 Å². The highest BCUT2D eigenvalue weighted by molar-refractivity contribution is 7.18. The van der Waals surface area contributed by atoms with Gasteiger partial charge >= 0.3 is 6.18 Å². The molecule has 158 valence electrons. The van der Waals surface area contributed by atoms with Crippen LogP contribution in [0.5, 0.6) is 0 Å². The fourth-order valence-electron chi connectivity index (χ4n) is 3.82. The zero-order chi connectivity index (χ0) is 21.3. The van der Waals surface area contributed by atoms with E-state index in [0.29, 0.717) is 25.9 Å². The first-order valence-electron chi connectivity index (χ1n) is 9.69. The highest BCUT2D eigenvalue weighted by Crippen LogP contribution is 2.36. The number of aromatic nitrogens is 2. The Bertz CT molecular complexity index is 1020. The molecule has 1 aliphatic rings. The number of benzene rings is 1. The van der Waals surface area contributed by atoms with Gasteiger partial charge in [0.25, 0.3) is 0 Å². The van der Waals surface area contributed by atoms with Gasteiger partial charge < -0.3 is 9.80 Å². The van der Waals surface area contributed by atoms with Crippen LogP contribution in [0.2, 0.25) is 0 Å². The maximum Gasteiger partial charge on any atom is 0.419 e. The van der Waals surface area contributed by atoms with Gasteiger partial charge in [-0.05, 0) is 37.1 Å². The van der Waals surface area contributed by atoms with Crippen molar-refractivity contribution in [2.45, 2.75) is 25.6 Å². The van der Waals surface area contributed by atoms with Crippen LogP contribution in [0.4, 0.5) is 19.0 Å². The van der Waals surface area contributed by atoms with Crippen LogP contribution in [-0.4, -0.2) is 40.9 Å². The predicted octanol–water partition coefficient (Wildman–Crippen LogP) is 4.59. The smallest absolute Gasteiger partial charge is 0.355 e. The number of carbonyl (C=O) groups excluding carboxylic acids is 1. The number of pyridine rings is 1. The summed E-state index contributed by atoms with van der Waals surface area (Å²) in [6.45, 7) is 1.06. The lowest BCUT2D eigenvalue weighted by Gasteiger charge is -2.35. The minimum atomic E-state index is -4.48. The Hall–Kier alpha value is -2.68. The van der Waals surface area contributed by atoms with Gasteiger partial charge in [0.05, 0.1) is 28.2 Å². The van der Waals surface area contributed by atoms with Crippen molar-refractivity contribution in [2.75, 3.05) is 25.0 Å². The summed E-state index contributed by atoms with van der Waals surface area (Å²) in [6.07, 6.45) is -1.84. The molecule has 0 bridgehead atoms. The van der Waals surface area contributed by atoms with Gasteiger partial charge in [0.2, 0.25) is 5.91 Å². The second kappa shape index (κ2) is 8.22. The molecule has 1 aliphatic heterocycles. The molecule has 2 aromatic heterocycles. The monoisotopic (exact) mass is 434 g/mol. The lowest BCUT2D eigenvalue weighted by Crippen LogP contribution is -2.44. The van der Waals surface area contributed by atoms with E-state index in [4.69, 9.17) is 0 Å². The molecule has 1 atom stereocenters. The number of para-hydroxylation sites is 1. The minimum absolute atomic E-state index is 0.0801. The maximum absolute atomic E-state index is 13.4. The molecule has 1 aromatic carbocycles. The second-order valence-electron chi connectivity index (χ2n) is 7.43. The molecule has 0 saturated carbocycles. The van der Waals surface area contributed by atoms with Crippen LogP contribution >= 0.6 is 11.3 Å². The Morgan fingerprint density at radius 3 is 2.83 bits per heavy atom. The number of halogens is 3. The fraction of sp³-hybridized carbons (Fsp3) is 0.381. The summed E-state index contributed by atoms with van der Waals surface area (Å²) in [7, 11) is 1.72. The molecule has 1 amide bonds. The third-order valence-electron chi connectivity index (χ3n) is 5.25. The van der Waals surface area contributed by atoms with Gasteiger partial charge in [-0.2, -0.15) is 13.2 Å². The quantitative estimate of drug-likeness (QED) is 0.603. The number of thiazole rings is 1. The number of fused-ring (bicyclic) bond motifs is 1. The summed E-state index contributed by atoms with van der Waals surface area (Å²) in [6, 6.07) is 10.1. The number of piperidine rings is 1. The van der Waals surface area contributed by atoms with Crippen LogP contribution in [0.3, 0.4) is 0 Å². The van der Waals surface area contributed by atoms with E-state index >= 15 is 0 Å². The average Bonchev–Trinajstić information content (AvgIpc) is 3.15. The standard InChI is InChI=1S/C21H21F3N4OS/c1-27(13-18-26-16-8-2-3-9-17(16)30-18)20(29)14-6-5-11-28(12-14)19-15(21(22,23)24)7-4-10-25-19/h2-4,7-10,14H,5-6,11-13H2,1H3. The third-order valence-corrected chi connectivity index (χ3v) is 6.27. The zero-order valence-corrected chi connectivity index (χ0v) is 17.2. The number of amides is 1. The van der Waals surface area contributed by atoms with Crippen LogP contribution in [-0.2, 0) is 17.5 Å². The summed E-state index contributed by atoms with van der Waals surface area (Å²) in [5, 5.41) is 0.837. The average molecular weight is 434 g/mol. The van der Waals surface area contributed by atoms with Gasteiger partial charge in [0.1, 0.15) is 10.8 Å². The number of rotatable bonds is 4. The topological polar surface area (TPSA) is 49.3 Å². The lowest BCUT2D eigenvalue weighted by atomic mass is 9.96. The maximum atomic E-state index is 13.4. The zero-order valence-electron chi connectivity index (χ0n) is 16.4. The molecule has 3 heterocycles. The van der Waals surface area contributed by atoms with Gasteiger partial charge in [-0.3, -0.25) is 4.79 Å². The van der Waals surface area contributed by atoms with Gasteiger partial charge in [0, 0.05) is 26.3 Å². The molecule has 3 aromatic rings. The van der Waals surface area contributed by atoms with Gasteiger partial charge in [-0.15, -0.1) is 11.3 Å². The molecule has 9 heteroatoms. The molecule has 1 unspecified atom stereocenters. The highest BCUT2D eigenvalue weighted by atomic mass is 32.1. The normalized spacial score (nSPS) is 17.3. The van der Waals surface area contributed by atoms with E-state index in [1.54, 1.807) is 28.2 Å². The SMILES string of the molecule is CN(Cc1nc2ccccc2s1)C(=O)C1CCCN(c2ncccc2C(F)(F)F)C1. The van der Waals surface area contributed by atoms with Crippen molar-refractivity contribution in [3.05, 3.63) is 53.2 Å². The van der Waals surface area contributed by atoms with Crippen molar-refractivity contribution >= 4 is 33.3 Å². The first kappa shape index (κ1) is 20.6. The summed E-state index contributed by atoms with van der Waals surface area (Å²) in [5.41, 5.74) is 0.137. The minimum Gasteiger partial charge on any atom is -0.355 e. The second-order valence-corrected chi connectivity index (χ2v) is 8.54. The Morgan fingerprint density at radius 2 is 2.07 bits per heavy atom. The van der Waals surface area contributed by atoms with Crippen molar-refractivity contribution in [1.29, 1.82) is 0 Å². The lowest BCUT2D eigenvalue weighted by molar-refractivity contribution is -0.137. The van der Waals surface area contributed by atoms with E-state index in [9.17, 15) is 18.0 Å². The van der Waals surface area contributed by atoms with E-state index in [0.717, 1.165) is 21.3 Å². The Morgan fingerprint density at radius 1 is 1.27 bits per heavy atom. The summed E-state index contributed by atoms with van der Waals surface area (Å²) in [4.78, 5) is 24.7. The molecule has 0 spiro atoms. The molecular weight excluding hydrogens is 413 g/mol. The molecule has 30 heavy (non-hydrogen) atoms. The van der Waals surface area contributed by atoms with E-state index in [-0.39, 0.29) is 24.2 Å². The Balaban J connectivity index is 1.47. The fourth-order valence-corrected chi connectivity index (χ4v) is 4.84. The number of anilines is 1. The van der Waals surface area contributed by atoms with E-state index in [2.05, 4.69) is 9.97 Å². The molecular formula is C21H21F3N4OS. The van der Waals surface area contributed by atoms with Crippen molar-refractivity contribution in [2.24, 2.45) is 5.92 Å². The van der Waals surface area contributed by atoms with Crippen LogP contribution in [0, 0.1) is 5.92 Å². The molecule has 1 saturated heterocycles. The number of hydrogen-bond donors (Lipinski definition) is 0. The van der Waals surface area contributed by atoms with Crippen LogP contribution < -0.4 is 4.90 Å². The van der Waals surface area contributed by atoms with Crippen molar-refractivity contribution < 1.29 is 18.0 Å². The molecule has 0 N–H and O–H groups in total. The number of hydrogen-bond acceptors (Lipinski definition) is 5. The van der Waals surface area contributed by atoms with Gasteiger partial charge in [-0.25, -0.2) is 9.97 Å². The van der Waals surface area contributed by atoms with Gasteiger partial charge in [0.15, 0.2) is 0 Å². The van der Waals surface area contributed by atoms with Crippen LogP contribution in [0.1, 0.15) is 23.4 Å². The predicted molar refractivity (Wildman–Crippen MR) is 110 cm³/mol. The highest BCUT2D eigenvalue weighted by Gasteiger charge is 2.37. The van der Waals surface area contributed by atoms with Crippen molar-refractivity contribution in [3.8, 4) is 0 Å². The van der Waals surface area contributed by atoms with Crippen molar-refractivity contribution in [3.63, 3.8) is 0 Å². The Kier molecular flexibility index (Phi) is 5.64. The number of alkyl halides is 3. The first-order valence-corrected chi connectivity index (χ1v) is 10.5. The summed E-state index contributed by atoms with van der Waals surface area (Å²) < 4.78 is 41.2. The third kappa shape index (κ3) is 4.26. The molecule has 0 aliphatic carbocycles. The van der Waals surface area contributed by atoms with Gasteiger partial charge in [-0.1, -0.05) is 12.1 Å². The number of nitrogens with zero attached hydrogens (tertiary/aromatic N) is 4. The van der Waals surface area contributed by atoms with Crippen LogP contribution in [0.25, 0.3) is 10.2 Å². The van der Waals surface area contributed by atoms with E-state index < -0.39 is 11.7 Å². The van der Waals surface area contributed by atoms with Crippen molar-refractivity contribution in [1.82, 2.24) is 14.9 Å². The van der Waals surface area contributed by atoms with E-state index in [1.807, 2.05) is 24.3 Å².